The average molecular weight is 289 g/mol. The number of amides is 2. The molecule has 112 valence electrons. The first-order valence-corrected chi connectivity index (χ1v) is 7.22. The lowest BCUT2D eigenvalue weighted by atomic mass is 9.94. The number of carbonyl (C=O) groups is 2. The fraction of sp³-hybridized carbons (Fsp3) is 0.467. The zero-order valence-electron chi connectivity index (χ0n) is 11.8. The van der Waals surface area contributed by atoms with Gasteiger partial charge in [-0.2, -0.15) is 0 Å². The quantitative estimate of drug-likeness (QED) is 0.791. The third kappa shape index (κ3) is 2.71. The lowest BCUT2D eigenvalue weighted by Crippen LogP contribution is -2.56. The number of carboxylic acid groups (broad SMARTS) is 1. The van der Waals surface area contributed by atoms with Crippen molar-refractivity contribution >= 4 is 12.0 Å². The van der Waals surface area contributed by atoms with Crippen LogP contribution in [0.2, 0.25) is 0 Å². The van der Waals surface area contributed by atoms with Crippen LogP contribution in [0.4, 0.5) is 4.79 Å². The number of rotatable bonds is 1. The number of piperazine rings is 1. The fourth-order valence-corrected chi connectivity index (χ4v) is 2.98. The Morgan fingerprint density at radius 3 is 2.48 bits per heavy atom. The summed E-state index contributed by atoms with van der Waals surface area (Å²) in [7, 11) is 0. The lowest BCUT2D eigenvalue weighted by Gasteiger charge is -2.39. The Labute approximate surface area is 123 Å². The van der Waals surface area contributed by atoms with Crippen molar-refractivity contribution in [1.82, 2.24) is 15.1 Å². The Kier molecular flexibility index (Phi) is 3.79. The van der Waals surface area contributed by atoms with E-state index < -0.39 is 12.0 Å². The number of benzene rings is 1. The summed E-state index contributed by atoms with van der Waals surface area (Å²) in [5, 5.41) is 12.7. The molecule has 2 aliphatic heterocycles. The van der Waals surface area contributed by atoms with Crippen LogP contribution >= 0.6 is 0 Å². The van der Waals surface area contributed by atoms with Gasteiger partial charge in [-0.25, -0.2) is 9.59 Å². The highest BCUT2D eigenvalue weighted by Crippen LogP contribution is 2.24. The van der Waals surface area contributed by atoms with Gasteiger partial charge in [0.1, 0.15) is 6.04 Å². The van der Waals surface area contributed by atoms with Crippen LogP contribution in [0.5, 0.6) is 0 Å². The molecule has 2 aliphatic rings. The predicted octanol–water partition coefficient (Wildman–Crippen LogP) is 0.523. The summed E-state index contributed by atoms with van der Waals surface area (Å²) < 4.78 is 0. The summed E-state index contributed by atoms with van der Waals surface area (Å²) in [6.07, 6.45) is 0.378. The highest BCUT2D eigenvalue weighted by molar-refractivity contribution is 5.83. The Morgan fingerprint density at radius 1 is 1.14 bits per heavy atom. The molecule has 2 amide bonds. The molecule has 2 heterocycles. The zero-order chi connectivity index (χ0) is 14.8. The number of nitrogens with one attached hydrogen (secondary N) is 1. The molecule has 0 radical (unpaired) electrons. The molecular weight excluding hydrogens is 270 g/mol. The minimum Gasteiger partial charge on any atom is -0.480 e. The number of carbonyl (C=O) groups excluding carboxylic acids is 1. The Hall–Kier alpha value is -2.08. The molecule has 0 aromatic heterocycles. The van der Waals surface area contributed by atoms with Crippen molar-refractivity contribution in [2.24, 2.45) is 0 Å². The van der Waals surface area contributed by atoms with E-state index in [1.54, 1.807) is 4.90 Å². The molecule has 1 aromatic rings. The molecule has 1 aromatic carbocycles. The van der Waals surface area contributed by atoms with Gasteiger partial charge in [0.05, 0.1) is 0 Å². The van der Waals surface area contributed by atoms with Gasteiger partial charge in [0.15, 0.2) is 0 Å². The molecule has 21 heavy (non-hydrogen) atoms. The second-order valence-electron chi connectivity index (χ2n) is 5.47. The van der Waals surface area contributed by atoms with E-state index in [4.69, 9.17) is 0 Å². The van der Waals surface area contributed by atoms with Gasteiger partial charge in [-0.05, 0) is 11.1 Å². The van der Waals surface area contributed by atoms with Crippen molar-refractivity contribution in [3.8, 4) is 0 Å². The Morgan fingerprint density at radius 2 is 1.81 bits per heavy atom. The largest absolute Gasteiger partial charge is 0.480 e. The van der Waals surface area contributed by atoms with Gasteiger partial charge < -0.3 is 20.2 Å². The maximum atomic E-state index is 12.6. The van der Waals surface area contributed by atoms with Crippen LogP contribution in [0, 0.1) is 0 Å². The second-order valence-corrected chi connectivity index (χ2v) is 5.47. The maximum Gasteiger partial charge on any atom is 0.326 e. The van der Waals surface area contributed by atoms with Gasteiger partial charge >= 0.3 is 12.0 Å². The molecule has 6 heteroatoms. The van der Waals surface area contributed by atoms with E-state index in [1.807, 2.05) is 24.3 Å². The summed E-state index contributed by atoms with van der Waals surface area (Å²) >= 11 is 0. The first-order chi connectivity index (χ1) is 10.2. The summed E-state index contributed by atoms with van der Waals surface area (Å²) in [4.78, 5) is 27.4. The smallest absolute Gasteiger partial charge is 0.326 e. The number of nitrogens with zero attached hydrogens (tertiary/aromatic N) is 2. The average Bonchev–Trinajstić information content (AvgIpc) is 2.53. The van der Waals surface area contributed by atoms with Gasteiger partial charge in [0.2, 0.25) is 0 Å². The molecule has 0 bridgehead atoms. The third-order valence-electron chi connectivity index (χ3n) is 4.17. The topological polar surface area (TPSA) is 72.9 Å². The summed E-state index contributed by atoms with van der Waals surface area (Å²) in [5.74, 6) is -0.937. The second kappa shape index (κ2) is 5.73. The minimum absolute atomic E-state index is 0.168. The van der Waals surface area contributed by atoms with Crippen molar-refractivity contribution in [2.45, 2.75) is 19.0 Å². The van der Waals surface area contributed by atoms with Crippen molar-refractivity contribution in [2.75, 3.05) is 26.2 Å². The molecule has 1 atom stereocenters. The highest BCUT2D eigenvalue weighted by atomic mass is 16.4. The fourth-order valence-electron chi connectivity index (χ4n) is 2.98. The monoisotopic (exact) mass is 289 g/mol. The van der Waals surface area contributed by atoms with E-state index in [0.717, 1.165) is 24.2 Å². The van der Waals surface area contributed by atoms with E-state index in [9.17, 15) is 14.7 Å². The van der Waals surface area contributed by atoms with Crippen LogP contribution in [0.25, 0.3) is 0 Å². The zero-order valence-corrected chi connectivity index (χ0v) is 11.8. The van der Waals surface area contributed by atoms with Crippen molar-refractivity contribution < 1.29 is 14.7 Å². The molecule has 0 saturated carbocycles. The highest BCUT2D eigenvalue weighted by Gasteiger charge is 2.36. The van der Waals surface area contributed by atoms with E-state index in [-0.39, 0.29) is 6.03 Å². The molecule has 1 fully saturated rings. The molecule has 2 N–H and O–H groups in total. The number of fused-ring (bicyclic) bond motifs is 1. The number of hydrogen-bond acceptors (Lipinski definition) is 3. The van der Waals surface area contributed by atoms with Gasteiger partial charge in [-0.1, -0.05) is 24.3 Å². The molecular formula is C15H19N3O3. The minimum atomic E-state index is -0.937. The van der Waals surface area contributed by atoms with Crippen LogP contribution in [-0.4, -0.2) is 59.1 Å². The van der Waals surface area contributed by atoms with Crippen molar-refractivity contribution in [3.05, 3.63) is 35.4 Å². The number of carboxylic acids is 1. The van der Waals surface area contributed by atoms with Crippen molar-refractivity contribution in [1.29, 1.82) is 0 Å². The first kappa shape index (κ1) is 13.9. The Balaban J connectivity index is 1.85. The van der Waals surface area contributed by atoms with Crippen LogP contribution in [-0.2, 0) is 17.8 Å². The maximum absolute atomic E-state index is 12.6. The molecule has 1 saturated heterocycles. The van der Waals surface area contributed by atoms with Gasteiger partial charge in [-0.15, -0.1) is 0 Å². The number of hydrogen-bond donors (Lipinski definition) is 2. The third-order valence-corrected chi connectivity index (χ3v) is 4.17. The SMILES string of the molecule is O=C(O)[C@@H]1Cc2ccccc2CN1C(=O)N1CCNCC1. The molecule has 0 spiro atoms. The summed E-state index contributed by atoms with van der Waals surface area (Å²) in [5.41, 5.74) is 2.06. The van der Waals surface area contributed by atoms with Crippen molar-refractivity contribution in [3.63, 3.8) is 0 Å². The molecule has 0 unspecified atom stereocenters. The van der Waals surface area contributed by atoms with Crippen LogP contribution in [0.3, 0.4) is 0 Å². The Bertz CT molecular complexity index is 555. The first-order valence-electron chi connectivity index (χ1n) is 7.22. The molecule has 0 aliphatic carbocycles. The predicted molar refractivity (Wildman–Crippen MR) is 77.0 cm³/mol. The molecule has 3 rings (SSSR count). The van der Waals surface area contributed by atoms with E-state index in [1.165, 1.54) is 4.90 Å². The van der Waals surface area contributed by atoms with E-state index >= 15 is 0 Å². The van der Waals surface area contributed by atoms with Gasteiger partial charge in [0, 0.05) is 39.1 Å². The van der Waals surface area contributed by atoms with E-state index in [0.29, 0.717) is 26.1 Å². The van der Waals surface area contributed by atoms with Crippen LogP contribution < -0.4 is 5.32 Å². The summed E-state index contributed by atoms with van der Waals surface area (Å²) in [6.45, 7) is 3.14. The summed E-state index contributed by atoms with van der Waals surface area (Å²) in [6, 6.07) is 6.79. The van der Waals surface area contributed by atoms with Crippen LogP contribution in [0.1, 0.15) is 11.1 Å². The standard InChI is InChI=1S/C15H19N3O3/c19-14(20)13-9-11-3-1-2-4-12(11)10-18(13)15(21)17-7-5-16-6-8-17/h1-4,13,16H,5-10H2,(H,19,20)/t13-/m0/s1. The molecule has 6 nitrogen and oxygen atoms in total. The van der Waals surface area contributed by atoms with Crippen LogP contribution in [0.15, 0.2) is 24.3 Å². The van der Waals surface area contributed by atoms with Gasteiger partial charge in [-0.3, -0.25) is 0 Å². The lowest BCUT2D eigenvalue weighted by molar-refractivity contribution is -0.142. The number of aliphatic carboxylic acids is 1. The number of urea groups is 1. The van der Waals surface area contributed by atoms with E-state index in [2.05, 4.69) is 5.32 Å². The normalized spacial score (nSPS) is 21.8. The van der Waals surface area contributed by atoms with Gasteiger partial charge in [0.25, 0.3) is 0 Å².